The minimum atomic E-state index is -0.575. The SMILES string of the molecule is Fc1ncccc1OCCc1cccnc1. The van der Waals surface area contributed by atoms with E-state index < -0.39 is 5.95 Å². The van der Waals surface area contributed by atoms with Crippen LogP contribution in [0.2, 0.25) is 0 Å². The average Bonchev–Trinajstić information content (AvgIpc) is 2.33. The largest absolute Gasteiger partial charge is 0.488 e. The zero-order valence-electron chi connectivity index (χ0n) is 8.64. The van der Waals surface area contributed by atoms with Gasteiger partial charge in [0.15, 0.2) is 5.75 Å². The van der Waals surface area contributed by atoms with Crippen LogP contribution in [0.25, 0.3) is 0 Å². The third-order valence-corrected chi connectivity index (χ3v) is 2.10. The van der Waals surface area contributed by atoms with Gasteiger partial charge in [-0.3, -0.25) is 4.98 Å². The van der Waals surface area contributed by atoms with Gasteiger partial charge >= 0.3 is 0 Å². The maximum Gasteiger partial charge on any atom is 0.255 e. The van der Waals surface area contributed by atoms with Crippen LogP contribution in [0.1, 0.15) is 5.56 Å². The molecule has 0 atom stereocenters. The number of aromatic nitrogens is 2. The summed E-state index contributed by atoms with van der Waals surface area (Å²) in [5.41, 5.74) is 1.06. The molecule has 0 amide bonds. The van der Waals surface area contributed by atoms with Gasteiger partial charge in [0.05, 0.1) is 6.61 Å². The van der Waals surface area contributed by atoms with Crippen LogP contribution in [0.15, 0.2) is 42.9 Å². The standard InChI is InChI=1S/C12H11FN2O/c13-12-11(4-2-7-15-12)16-8-5-10-3-1-6-14-9-10/h1-4,6-7,9H,5,8H2. The fourth-order valence-corrected chi connectivity index (χ4v) is 1.30. The van der Waals surface area contributed by atoms with E-state index in [1.54, 1.807) is 24.5 Å². The fourth-order valence-electron chi connectivity index (χ4n) is 1.30. The quantitative estimate of drug-likeness (QED) is 0.738. The van der Waals surface area contributed by atoms with Crippen molar-refractivity contribution in [2.75, 3.05) is 6.61 Å². The average molecular weight is 218 g/mol. The molecule has 2 heterocycles. The molecule has 3 nitrogen and oxygen atoms in total. The van der Waals surface area contributed by atoms with Gasteiger partial charge < -0.3 is 4.74 Å². The van der Waals surface area contributed by atoms with Crippen molar-refractivity contribution in [2.45, 2.75) is 6.42 Å². The monoisotopic (exact) mass is 218 g/mol. The summed E-state index contributed by atoms with van der Waals surface area (Å²) in [6.07, 6.45) is 5.57. The molecule has 0 aliphatic rings. The second kappa shape index (κ2) is 5.21. The normalized spacial score (nSPS) is 10.1. The lowest BCUT2D eigenvalue weighted by molar-refractivity contribution is 0.300. The Bertz CT molecular complexity index is 448. The highest BCUT2D eigenvalue weighted by Gasteiger charge is 2.02. The van der Waals surface area contributed by atoms with Crippen LogP contribution in [0.4, 0.5) is 4.39 Å². The number of nitrogens with zero attached hydrogens (tertiary/aromatic N) is 2. The smallest absolute Gasteiger partial charge is 0.255 e. The van der Waals surface area contributed by atoms with Crippen molar-refractivity contribution in [3.8, 4) is 5.75 Å². The summed E-state index contributed by atoms with van der Waals surface area (Å²) in [6, 6.07) is 7.02. The van der Waals surface area contributed by atoms with Gasteiger partial charge in [0.25, 0.3) is 5.95 Å². The van der Waals surface area contributed by atoms with Crippen molar-refractivity contribution < 1.29 is 9.13 Å². The maximum atomic E-state index is 13.1. The van der Waals surface area contributed by atoms with Crippen LogP contribution < -0.4 is 4.74 Å². The van der Waals surface area contributed by atoms with Crippen LogP contribution in [0.3, 0.4) is 0 Å². The molecule has 0 bridgehead atoms. The van der Waals surface area contributed by atoms with Gasteiger partial charge in [-0.1, -0.05) is 6.07 Å². The molecule has 0 fully saturated rings. The molecule has 4 heteroatoms. The molecule has 0 aliphatic heterocycles. The van der Waals surface area contributed by atoms with E-state index in [9.17, 15) is 4.39 Å². The Morgan fingerprint density at radius 2 is 2.06 bits per heavy atom. The van der Waals surface area contributed by atoms with Crippen LogP contribution in [0.5, 0.6) is 5.75 Å². The van der Waals surface area contributed by atoms with Crippen molar-refractivity contribution in [1.29, 1.82) is 0 Å². The number of hydrogen-bond donors (Lipinski definition) is 0. The molecular formula is C12H11FN2O. The first-order chi connectivity index (χ1) is 7.86. The first kappa shape index (κ1) is 10.5. The Balaban J connectivity index is 1.87. The van der Waals surface area contributed by atoms with Gasteiger partial charge in [-0.05, 0) is 23.8 Å². The molecule has 0 saturated heterocycles. The minimum absolute atomic E-state index is 0.186. The first-order valence-corrected chi connectivity index (χ1v) is 4.98. The molecule has 0 N–H and O–H groups in total. The fraction of sp³-hybridized carbons (Fsp3) is 0.167. The molecule has 0 radical (unpaired) electrons. The Morgan fingerprint density at radius 3 is 2.81 bits per heavy atom. The zero-order chi connectivity index (χ0) is 11.2. The summed E-state index contributed by atoms with van der Waals surface area (Å²) in [5.74, 6) is -0.389. The number of pyridine rings is 2. The molecule has 2 aromatic heterocycles. The summed E-state index contributed by atoms with van der Waals surface area (Å²) >= 11 is 0. The van der Waals surface area contributed by atoms with Gasteiger partial charge in [0, 0.05) is 25.0 Å². The molecule has 0 aliphatic carbocycles. The van der Waals surface area contributed by atoms with E-state index >= 15 is 0 Å². The summed E-state index contributed by atoms with van der Waals surface area (Å²) in [7, 11) is 0. The van der Waals surface area contributed by atoms with Crippen LogP contribution in [-0.2, 0) is 6.42 Å². The molecule has 2 rings (SSSR count). The van der Waals surface area contributed by atoms with Crippen LogP contribution >= 0.6 is 0 Å². The van der Waals surface area contributed by atoms with Gasteiger partial charge in [-0.15, -0.1) is 0 Å². The number of halogens is 1. The van der Waals surface area contributed by atoms with E-state index in [1.165, 1.54) is 6.20 Å². The second-order valence-corrected chi connectivity index (χ2v) is 3.25. The third kappa shape index (κ3) is 2.76. The van der Waals surface area contributed by atoms with Gasteiger partial charge in [0.2, 0.25) is 0 Å². The van der Waals surface area contributed by atoms with E-state index in [2.05, 4.69) is 9.97 Å². The molecule has 0 aromatic carbocycles. The topological polar surface area (TPSA) is 35.0 Å². The zero-order valence-corrected chi connectivity index (χ0v) is 8.64. The lowest BCUT2D eigenvalue weighted by atomic mass is 10.2. The van der Waals surface area contributed by atoms with Crippen molar-refractivity contribution >= 4 is 0 Å². The minimum Gasteiger partial charge on any atom is -0.488 e. The molecule has 0 saturated carbocycles. The summed E-state index contributed by atoms with van der Waals surface area (Å²) in [5, 5.41) is 0. The van der Waals surface area contributed by atoms with E-state index in [0.29, 0.717) is 13.0 Å². The van der Waals surface area contributed by atoms with Gasteiger partial charge in [0.1, 0.15) is 0 Å². The van der Waals surface area contributed by atoms with Crippen LogP contribution in [-0.4, -0.2) is 16.6 Å². The highest BCUT2D eigenvalue weighted by Crippen LogP contribution is 2.13. The van der Waals surface area contributed by atoms with Gasteiger partial charge in [-0.2, -0.15) is 4.39 Å². The van der Waals surface area contributed by atoms with Crippen molar-refractivity contribution in [3.63, 3.8) is 0 Å². The van der Waals surface area contributed by atoms with E-state index in [1.807, 2.05) is 12.1 Å². The molecule has 82 valence electrons. The lowest BCUT2D eigenvalue weighted by Gasteiger charge is -2.05. The third-order valence-electron chi connectivity index (χ3n) is 2.10. The highest BCUT2D eigenvalue weighted by molar-refractivity contribution is 5.18. The summed E-state index contributed by atoms with van der Waals surface area (Å²) < 4.78 is 18.3. The predicted molar refractivity (Wildman–Crippen MR) is 57.6 cm³/mol. The second-order valence-electron chi connectivity index (χ2n) is 3.25. The van der Waals surface area contributed by atoms with E-state index in [-0.39, 0.29) is 5.75 Å². The Morgan fingerprint density at radius 1 is 1.19 bits per heavy atom. The molecule has 0 spiro atoms. The van der Waals surface area contributed by atoms with Crippen molar-refractivity contribution in [2.24, 2.45) is 0 Å². The van der Waals surface area contributed by atoms with Gasteiger partial charge in [-0.25, -0.2) is 4.98 Å². The highest BCUT2D eigenvalue weighted by atomic mass is 19.1. The Labute approximate surface area is 92.9 Å². The van der Waals surface area contributed by atoms with E-state index in [4.69, 9.17) is 4.74 Å². The summed E-state index contributed by atoms with van der Waals surface area (Å²) in [6.45, 7) is 0.411. The molecule has 16 heavy (non-hydrogen) atoms. The number of rotatable bonds is 4. The van der Waals surface area contributed by atoms with Crippen molar-refractivity contribution in [1.82, 2.24) is 9.97 Å². The Hall–Kier alpha value is -1.97. The maximum absolute atomic E-state index is 13.1. The molecule has 2 aromatic rings. The number of hydrogen-bond acceptors (Lipinski definition) is 3. The van der Waals surface area contributed by atoms with Crippen LogP contribution in [0, 0.1) is 5.95 Å². The molecular weight excluding hydrogens is 207 g/mol. The van der Waals surface area contributed by atoms with E-state index in [0.717, 1.165) is 5.56 Å². The Kier molecular flexibility index (Phi) is 3.43. The molecule has 0 unspecified atom stereocenters. The van der Waals surface area contributed by atoms with Crippen molar-refractivity contribution in [3.05, 3.63) is 54.4 Å². The number of ether oxygens (including phenoxy) is 1. The first-order valence-electron chi connectivity index (χ1n) is 4.98. The summed E-state index contributed by atoms with van der Waals surface area (Å²) in [4.78, 5) is 7.49. The predicted octanol–water partition coefficient (Wildman–Crippen LogP) is 2.24. The lowest BCUT2D eigenvalue weighted by Crippen LogP contribution is -2.03.